The highest BCUT2D eigenvalue weighted by atomic mass is 16.8. The quantitative estimate of drug-likeness (QED) is 0.800. The molecule has 0 spiro atoms. The van der Waals surface area contributed by atoms with Crippen molar-refractivity contribution >= 4 is 6.16 Å². The molecule has 0 bridgehead atoms. The average molecular weight is 280 g/mol. The van der Waals surface area contributed by atoms with E-state index < -0.39 is 11.9 Å². The summed E-state index contributed by atoms with van der Waals surface area (Å²) in [4.78, 5) is 11.3. The predicted molar refractivity (Wildman–Crippen MR) is 73.2 cm³/mol. The molecule has 1 aromatic rings. The maximum atomic E-state index is 11.3. The second-order valence-corrected chi connectivity index (χ2v) is 5.32. The molecule has 1 aliphatic heterocycles. The fourth-order valence-electron chi connectivity index (χ4n) is 2.52. The first-order valence-corrected chi connectivity index (χ1v) is 6.56. The van der Waals surface area contributed by atoms with E-state index in [1.54, 1.807) is 6.92 Å². The molecule has 0 aliphatic carbocycles. The molecule has 5 heteroatoms. The summed E-state index contributed by atoms with van der Waals surface area (Å²) in [5, 5.41) is 10.1. The molecule has 1 atom stereocenters. The monoisotopic (exact) mass is 280 g/mol. The van der Waals surface area contributed by atoms with E-state index in [-0.39, 0.29) is 0 Å². The van der Waals surface area contributed by atoms with Crippen LogP contribution < -0.4 is 4.74 Å². The Morgan fingerprint density at radius 2 is 1.90 bits per heavy atom. The smallest absolute Gasteiger partial charge is 0.507 e. The highest BCUT2D eigenvalue weighted by molar-refractivity contribution is 5.61. The standard InChI is InChI=1S/C15H20O5/c1-8-9(2)13-11(10(3)12(8)16)6-7-15(4,19-13)20-14(17)18-5/h16H,6-7H2,1-5H3/t15-/m0/s1. The molecule has 1 aromatic carbocycles. The van der Waals surface area contributed by atoms with Crippen LogP contribution in [0.4, 0.5) is 4.79 Å². The number of carbonyl (C=O) groups excluding carboxylic acids is 1. The highest BCUT2D eigenvalue weighted by Crippen LogP contribution is 2.43. The summed E-state index contributed by atoms with van der Waals surface area (Å²) in [6, 6.07) is 0. The molecule has 2 rings (SSSR count). The molecule has 0 radical (unpaired) electrons. The van der Waals surface area contributed by atoms with Crippen LogP contribution in [0.5, 0.6) is 11.5 Å². The van der Waals surface area contributed by atoms with Crippen molar-refractivity contribution in [2.24, 2.45) is 0 Å². The van der Waals surface area contributed by atoms with Crippen LogP contribution in [-0.2, 0) is 15.9 Å². The van der Waals surface area contributed by atoms with Gasteiger partial charge in [-0.3, -0.25) is 0 Å². The lowest BCUT2D eigenvalue weighted by atomic mass is 9.91. The zero-order valence-corrected chi connectivity index (χ0v) is 12.5. The van der Waals surface area contributed by atoms with E-state index in [4.69, 9.17) is 9.47 Å². The minimum Gasteiger partial charge on any atom is -0.507 e. The van der Waals surface area contributed by atoms with Crippen LogP contribution in [-0.4, -0.2) is 24.2 Å². The van der Waals surface area contributed by atoms with E-state index in [1.165, 1.54) is 7.11 Å². The molecule has 0 aromatic heterocycles. The Balaban J connectivity index is 2.42. The Kier molecular flexibility index (Phi) is 3.54. The van der Waals surface area contributed by atoms with Gasteiger partial charge < -0.3 is 19.3 Å². The Morgan fingerprint density at radius 1 is 1.25 bits per heavy atom. The van der Waals surface area contributed by atoms with E-state index in [9.17, 15) is 9.90 Å². The van der Waals surface area contributed by atoms with E-state index in [2.05, 4.69) is 4.74 Å². The molecule has 5 nitrogen and oxygen atoms in total. The van der Waals surface area contributed by atoms with Crippen molar-refractivity contribution in [1.29, 1.82) is 0 Å². The van der Waals surface area contributed by atoms with Crippen molar-refractivity contribution in [3.63, 3.8) is 0 Å². The van der Waals surface area contributed by atoms with Crippen LogP contribution in [0.25, 0.3) is 0 Å². The fourth-order valence-corrected chi connectivity index (χ4v) is 2.52. The zero-order chi connectivity index (χ0) is 15.1. The van der Waals surface area contributed by atoms with Crippen molar-refractivity contribution in [3.8, 4) is 11.5 Å². The Hall–Kier alpha value is -1.91. The number of ether oxygens (including phenoxy) is 3. The summed E-state index contributed by atoms with van der Waals surface area (Å²) in [6.07, 6.45) is 0.419. The number of carbonyl (C=O) groups is 1. The number of methoxy groups -OCH3 is 1. The van der Waals surface area contributed by atoms with Crippen LogP contribution in [0.15, 0.2) is 0 Å². The largest absolute Gasteiger partial charge is 0.511 e. The van der Waals surface area contributed by atoms with Crippen LogP contribution in [0, 0.1) is 20.8 Å². The summed E-state index contributed by atoms with van der Waals surface area (Å²) in [6.45, 7) is 7.31. The first kappa shape index (κ1) is 14.5. The molecular formula is C15H20O5. The van der Waals surface area contributed by atoms with E-state index >= 15 is 0 Å². The second-order valence-electron chi connectivity index (χ2n) is 5.32. The van der Waals surface area contributed by atoms with Gasteiger partial charge in [-0.2, -0.15) is 0 Å². The third-order valence-electron chi connectivity index (χ3n) is 3.95. The van der Waals surface area contributed by atoms with Gasteiger partial charge in [-0.05, 0) is 43.9 Å². The number of hydrogen-bond acceptors (Lipinski definition) is 5. The molecule has 0 unspecified atom stereocenters. The van der Waals surface area contributed by atoms with E-state index in [0.29, 0.717) is 24.3 Å². The normalized spacial score (nSPS) is 20.9. The molecule has 1 N–H and O–H groups in total. The van der Waals surface area contributed by atoms with Crippen LogP contribution in [0.3, 0.4) is 0 Å². The molecule has 0 fully saturated rings. The molecular weight excluding hydrogens is 260 g/mol. The second kappa shape index (κ2) is 4.89. The molecule has 1 heterocycles. The first-order valence-electron chi connectivity index (χ1n) is 6.56. The highest BCUT2D eigenvalue weighted by Gasteiger charge is 2.38. The third-order valence-corrected chi connectivity index (χ3v) is 3.95. The lowest BCUT2D eigenvalue weighted by Crippen LogP contribution is -2.41. The van der Waals surface area contributed by atoms with Gasteiger partial charge in [-0.25, -0.2) is 4.79 Å². The van der Waals surface area contributed by atoms with Crippen molar-refractivity contribution in [2.75, 3.05) is 7.11 Å². The third kappa shape index (κ3) is 2.28. The number of aromatic hydroxyl groups is 1. The molecule has 1 aliphatic rings. The van der Waals surface area contributed by atoms with Crippen molar-refractivity contribution in [2.45, 2.75) is 46.3 Å². The lowest BCUT2D eigenvalue weighted by Gasteiger charge is -2.36. The van der Waals surface area contributed by atoms with E-state index in [1.807, 2.05) is 20.8 Å². The maximum absolute atomic E-state index is 11.3. The topological polar surface area (TPSA) is 65.0 Å². The van der Waals surface area contributed by atoms with Gasteiger partial charge >= 0.3 is 6.16 Å². The summed E-state index contributed by atoms with van der Waals surface area (Å²) >= 11 is 0. The number of benzene rings is 1. The lowest BCUT2D eigenvalue weighted by molar-refractivity contribution is -0.152. The minimum absolute atomic E-state index is 0.308. The Morgan fingerprint density at radius 3 is 2.50 bits per heavy atom. The fraction of sp³-hybridized carbons (Fsp3) is 0.533. The molecule has 0 saturated carbocycles. The van der Waals surface area contributed by atoms with Gasteiger partial charge in [0.15, 0.2) is 0 Å². The van der Waals surface area contributed by atoms with Crippen LogP contribution in [0.1, 0.15) is 35.6 Å². The molecule has 0 saturated heterocycles. The van der Waals surface area contributed by atoms with Crippen molar-refractivity contribution < 1.29 is 24.1 Å². The van der Waals surface area contributed by atoms with Gasteiger partial charge in [0.25, 0.3) is 5.79 Å². The Labute approximate surface area is 118 Å². The number of phenolic OH excluding ortho intramolecular Hbond substituents is 1. The maximum Gasteiger partial charge on any atom is 0.511 e. The number of hydrogen-bond donors (Lipinski definition) is 1. The molecule has 110 valence electrons. The SMILES string of the molecule is COC(=O)O[C@@]1(C)CCc2c(C)c(O)c(C)c(C)c2O1. The number of phenols is 1. The van der Waals surface area contributed by atoms with Crippen molar-refractivity contribution in [1.82, 2.24) is 0 Å². The Bertz CT molecular complexity index is 564. The first-order chi connectivity index (χ1) is 9.29. The summed E-state index contributed by atoms with van der Waals surface area (Å²) < 4.78 is 15.6. The summed E-state index contributed by atoms with van der Waals surface area (Å²) in [5.41, 5.74) is 3.44. The van der Waals surface area contributed by atoms with Crippen molar-refractivity contribution in [3.05, 3.63) is 22.3 Å². The average Bonchev–Trinajstić information content (AvgIpc) is 2.42. The molecule has 0 amide bonds. The minimum atomic E-state index is -1.04. The van der Waals surface area contributed by atoms with Gasteiger partial charge in [-0.15, -0.1) is 0 Å². The van der Waals surface area contributed by atoms with Gasteiger partial charge in [0.05, 0.1) is 7.11 Å². The number of fused-ring (bicyclic) bond motifs is 1. The van der Waals surface area contributed by atoms with Gasteiger partial charge in [0, 0.05) is 18.9 Å². The van der Waals surface area contributed by atoms with Gasteiger partial charge in [0.2, 0.25) is 0 Å². The number of rotatable bonds is 1. The van der Waals surface area contributed by atoms with Crippen LogP contribution >= 0.6 is 0 Å². The summed E-state index contributed by atoms with van der Waals surface area (Å²) in [7, 11) is 1.26. The molecule has 20 heavy (non-hydrogen) atoms. The van der Waals surface area contributed by atoms with Gasteiger partial charge in [-0.1, -0.05) is 0 Å². The summed E-state index contributed by atoms with van der Waals surface area (Å²) in [5.74, 6) is -0.0430. The van der Waals surface area contributed by atoms with Crippen LogP contribution in [0.2, 0.25) is 0 Å². The van der Waals surface area contributed by atoms with Gasteiger partial charge in [0.1, 0.15) is 11.5 Å². The zero-order valence-electron chi connectivity index (χ0n) is 12.5. The van der Waals surface area contributed by atoms with E-state index in [0.717, 1.165) is 22.3 Å². The predicted octanol–water partition coefficient (Wildman–Crippen LogP) is 3.14.